The molecule has 16 heavy (non-hydrogen) atoms. The lowest BCUT2D eigenvalue weighted by Gasteiger charge is -2.35. The summed E-state index contributed by atoms with van der Waals surface area (Å²) >= 11 is 0. The van der Waals surface area contributed by atoms with E-state index in [1.807, 2.05) is 0 Å². The Morgan fingerprint density at radius 1 is 1.19 bits per heavy atom. The first-order valence-corrected chi connectivity index (χ1v) is 5.68. The van der Waals surface area contributed by atoms with Gasteiger partial charge < -0.3 is 20.1 Å². The highest BCUT2D eigenvalue weighted by atomic mass is 31.2. The molecule has 0 aliphatic heterocycles. The molecule has 1 rings (SSSR count). The van der Waals surface area contributed by atoms with Crippen molar-refractivity contribution >= 4 is 7.60 Å². The van der Waals surface area contributed by atoms with Crippen molar-refractivity contribution < 1.29 is 27.5 Å². The van der Waals surface area contributed by atoms with E-state index in [2.05, 4.69) is 0 Å². The van der Waals surface area contributed by atoms with E-state index in [0.717, 1.165) is 12.1 Å². The number of benzene rings is 1. The number of rotatable bonds is 2. The summed E-state index contributed by atoms with van der Waals surface area (Å²) in [6.45, 7) is 0. The standard InChI is InChI=1S/C8H9F3NO3P/c9-8(10,11)6-3-1-5(2-4-6)7(12)16(13,14)15/h1-4,7H,12H2,(H2,13,14,15)/p-2. The predicted molar refractivity (Wildman–Crippen MR) is 46.0 cm³/mol. The Kier molecular flexibility index (Phi) is 3.44. The van der Waals surface area contributed by atoms with Crippen molar-refractivity contribution in [2.75, 3.05) is 0 Å². The van der Waals surface area contributed by atoms with Crippen molar-refractivity contribution in [1.29, 1.82) is 0 Å². The van der Waals surface area contributed by atoms with Crippen LogP contribution in [0.15, 0.2) is 24.3 Å². The molecule has 0 radical (unpaired) electrons. The molecule has 0 aliphatic carbocycles. The third-order valence-corrected chi connectivity index (χ3v) is 2.90. The Hall–Kier alpha value is -0.880. The van der Waals surface area contributed by atoms with Gasteiger partial charge in [-0.05, 0) is 25.3 Å². The summed E-state index contributed by atoms with van der Waals surface area (Å²) in [6, 6.07) is 3.08. The van der Waals surface area contributed by atoms with Crippen LogP contribution in [0.1, 0.15) is 16.9 Å². The van der Waals surface area contributed by atoms with Gasteiger partial charge in [-0.15, -0.1) is 0 Å². The summed E-state index contributed by atoms with van der Waals surface area (Å²) in [5, 5.41) is 0. The second-order valence-corrected chi connectivity index (χ2v) is 4.74. The zero-order chi connectivity index (χ0) is 12.6. The van der Waals surface area contributed by atoms with E-state index in [0.29, 0.717) is 12.1 Å². The molecule has 1 aromatic carbocycles. The second kappa shape index (κ2) is 4.18. The maximum atomic E-state index is 12.1. The monoisotopic (exact) mass is 253 g/mol. The van der Waals surface area contributed by atoms with Crippen LogP contribution in [0.25, 0.3) is 0 Å². The Balaban J connectivity index is 3.01. The normalized spacial score (nSPS) is 14.9. The van der Waals surface area contributed by atoms with Crippen LogP contribution in [0, 0.1) is 0 Å². The lowest BCUT2D eigenvalue weighted by Crippen LogP contribution is -2.26. The molecule has 0 saturated carbocycles. The zero-order valence-electron chi connectivity index (χ0n) is 7.77. The van der Waals surface area contributed by atoms with Crippen molar-refractivity contribution in [2.45, 2.75) is 12.0 Å². The largest absolute Gasteiger partial charge is 0.809 e. The first-order chi connectivity index (χ1) is 7.12. The molecule has 90 valence electrons. The molecular weight excluding hydrogens is 246 g/mol. The van der Waals surface area contributed by atoms with Gasteiger partial charge in [0.25, 0.3) is 0 Å². The Morgan fingerprint density at radius 3 is 1.94 bits per heavy atom. The minimum absolute atomic E-state index is 0.165. The van der Waals surface area contributed by atoms with Crippen molar-refractivity contribution in [3.8, 4) is 0 Å². The summed E-state index contributed by atoms with van der Waals surface area (Å²) in [5.41, 5.74) is 3.96. The van der Waals surface area contributed by atoms with E-state index in [4.69, 9.17) is 5.73 Å². The van der Waals surface area contributed by atoms with E-state index in [9.17, 15) is 27.5 Å². The maximum absolute atomic E-state index is 12.1. The molecule has 2 N–H and O–H groups in total. The second-order valence-electron chi connectivity index (χ2n) is 3.10. The van der Waals surface area contributed by atoms with Gasteiger partial charge >= 0.3 is 6.18 Å². The fourth-order valence-corrected chi connectivity index (χ4v) is 1.59. The van der Waals surface area contributed by atoms with Crippen LogP contribution in [0.4, 0.5) is 13.2 Å². The van der Waals surface area contributed by atoms with E-state index in [-0.39, 0.29) is 5.56 Å². The summed E-state index contributed by atoms with van der Waals surface area (Å²) in [5.74, 6) is -1.82. The van der Waals surface area contributed by atoms with Crippen LogP contribution >= 0.6 is 7.60 Å². The number of alkyl halides is 3. The summed E-state index contributed by atoms with van der Waals surface area (Å²) < 4.78 is 47.0. The van der Waals surface area contributed by atoms with Gasteiger partial charge in [0.15, 0.2) is 0 Å². The molecular formula is C8H7F3NO3P-2. The third-order valence-electron chi connectivity index (χ3n) is 1.92. The first kappa shape index (κ1) is 13.2. The van der Waals surface area contributed by atoms with Crippen LogP contribution < -0.4 is 15.5 Å². The molecule has 0 aromatic heterocycles. The average Bonchev–Trinajstić information content (AvgIpc) is 2.14. The fraction of sp³-hybridized carbons (Fsp3) is 0.250. The van der Waals surface area contributed by atoms with E-state index < -0.39 is 25.1 Å². The number of hydrogen-bond acceptors (Lipinski definition) is 4. The van der Waals surface area contributed by atoms with Gasteiger partial charge in [0.2, 0.25) is 0 Å². The highest BCUT2D eigenvalue weighted by Crippen LogP contribution is 2.40. The van der Waals surface area contributed by atoms with Crippen molar-refractivity contribution in [2.24, 2.45) is 5.73 Å². The highest BCUT2D eigenvalue weighted by Gasteiger charge is 2.30. The van der Waals surface area contributed by atoms with Crippen LogP contribution in [0.3, 0.4) is 0 Å². The molecule has 1 atom stereocenters. The minimum Gasteiger partial charge on any atom is -0.809 e. The summed E-state index contributed by atoms with van der Waals surface area (Å²) in [4.78, 5) is 21.1. The predicted octanol–water partition coefficient (Wildman–Crippen LogP) is 0.576. The minimum atomic E-state index is -5.04. The van der Waals surface area contributed by atoms with Gasteiger partial charge in [-0.25, -0.2) is 0 Å². The van der Waals surface area contributed by atoms with Crippen LogP contribution in [-0.4, -0.2) is 0 Å². The quantitative estimate of drug-likeness (QED) is 0.780. The SMILES string of the molecule is NC(c1ccc(C(F)(F)F)cc1)P(=O)([O-])[O-]. The first-order valence-electron chi connectivity index (χ1n) is 4.07. The van der Waals surface area contributed by atoms with Gasteiger partial charge in [-0.1, -0.05) is 12.1 Å². The van der Waals surface area contributed by atoms with Crippen molar-refractivity contribution in [3.63, 3.8) is 0 Å². The van der Waals surface area contributed by atoms with E-state index >= 15 is 0 Å². The van der Waals surface area contributed by atoms with Crippen LogP contribution in [-0.2, 0) is 10.7 Å². The molecule has 0 aliphatic rings. The lowest BCUT2D eigenvalue weighted by atomic mass is 10.1. The van der Waals surface area contributed by atoms with Crippen LogP contribution in [0.2, 0.25) is 0 Å². The van der Waals surface area contributed by atoms with Crippen LogP contribution in [0.5, 0.6) is 0 Å². The number of halogens is 3. The molecule has 0 heterocycles. The molecule has 8 heteroatoms. The van der Waals surface area contributed by atoms with Gasteiger partial charge in [-0.2, -0.15) is 13.2 Å². The molecule has 0 amide bonds. The van der Waals surface area contributed by atoms with Gasteiger partial charge in [-0.3, -0.25) is 0 Å². The molecule has 4 nitrogen and oxygen atoms in total. The van der Waals surface area contributed by atoms with Crippen molar-refractivity contribution in [3.05, 3.63) is 35.4 Å². The number of nitrogens with two attached hydrogens (primary N) is 1. The maximum Gasteiger partial charge on any atom is 0.416 e. The molecule has 0 saturated heterocycles. The Morgan fingerprint density at radius 2 is 1.62 bits per heavy atom. The van der Waals surface area contributed by atoms with E-state index in [1.165, 1.54) is 0 Å². The topological polar surface area (TPSA) is 89.2 Å². The van der Waals surface area contributed by atoms with Gasteiger partial charge in [0.05, 0.1) is 11.3 Å². The summed E-state index contributed by atoms with van der Waals surface area (Å²) in [6.07, 6.45) is -4.51. The number of hydrogen-bond donors (Lipinski definition) is 1. The summed E-state index contributed by atoms with van der Waals surface area (Å²) in [7, 11) is -5.04. The van der Waals surface area contributed by atoms with E-state index in [1.54, 1.807) is 0 Å². The molecule has 1 aromatic rings. The van der Waals surface area contributed by atoms with Gasteiger partial charge in [0, 0.05) is 0 Å². The average molecular weight is 253 g/mol. The molecule has 0 spiro atoms. The smallest absolute Gasteiger partial charge is 0.416 e. The third kappa shape index (κ3) is 3.05. The molecule has 0 bridgehead atoms. The fourth-order valence-electron chi connectivity index (χ4n) is 1.05. The molecule has 0 fully saturated rings. The van der Waals surface area contributed by atoms with Gasteiger partial charge in [0.1, 0.15) is 0 Å². The lowest BCUT2D eigenvalue weighted by molar-refractivity contribution is -0.316. The molecule has 1 unspecified atom stereocenters. The highest BCUT2D eigenvalue weighted by molar-refractivity contribution is 7.49. The Bertz CT molecular complexity index is 412. The van der Waals surface area contributed by atoms with Crippen molar-refractivity contribution in [1.82, 2.24) is 0 Å². The zero-order valence-corrected chi connectivity index (χ0v) is 8.66. The Labute approximate surface area is 89.0 Å².